The number of fused-ring (bicyclic) bond motifs is 1. The zero-order valence-electron chi connectivity index (χ0n) is 18.3. The first-order valence-corrected chi connectivity index (χ1v) is 12.2. The average molecular weight is 455 g/mol. The van der Waals surface area contributed by atoms with Gasteiger partial charge in [-0.15, -0.1) is 0 Å². The van der Waals surface area contributed by atoms with Crippen molar-refractivity contribution >= 4 is 27.6 Å². The number of imide groups is 1. The van der Waals surface area contributed by atoms with Gasteiger partial charge < -0.3 is 4.90 Å². The SMILES string of the molecule is CC(C)(C)c1ccc(S(=O)(=O)Cc2ccc3c(c2)C(=O)N(C2CCC(=O)NC2=O)C3)cc1. The van der Waals surface area contributed by atoms with Crippen LogP contribution in [0, 0.1) is 0 Å². The van der Waals surface area contributed by atoms with Crippen molar-refractivity contribution in [2.75, 3.05) is 0 Å². The van der Waals surface area contributed by atoms with E-state index >= 15 is 0 Å². The Kier molecular flexibility index (Phi) is 5.45. The fourth-order valence-corrected chi connectivity index (χ4v) is 5.49. The molecule has 1 fully saturated rings. The molecular weight excluding hydrogens is 428 g/mol. The Balaban J connectivity index is 1.53. The number of benzene rings is 2. The number of hydrogen-bond donors (Lipinski definition) is 1. The molecule has 2 aliphatic heterocycles. The fraction of sp³-hybridized carbons (Fsp3) is 0.375. The summed E-state index contributed by atoms with van der Waals surface area (Å²) in [6.07, 6.45) is 0.476. The molecule has 2 aromatic rings. The molecule has 1 atom stereocenters. The van der Waals surface area contributed by atoms with Gasteiger partial charge in [0.25, 0.3) is 5.91 Å². The molecule has 7 nitrogen and oxygen atoms in total. The number of carbonyl (C=O) groups is 3. The van der Waals surface area contributed by atoms with Crippen LogP contribution >= 0.6 is 0 Å². The number of nitrogens with zero attached hydrogens (tertiary/aromatic N) is 1. The van der Waals surface area contributed by atoms with Gasteiger partial charge in [-0.05, 0) is 46.7 Å². The number of piperidine rings is 1. The molecule has 2 aromatic carbocycles. The standard InChI is InChI=1S/C24H26N2O5S/c1-24(2,3)17-6-8-18(9-7-17)32(30,31)14-15-4-5-16-13-26(23(29)19(16)12-15)20-10-11-21(27)25-22(20)28/h4-9,12,20H,10-11,13-14H2,1-3H3,(H,25,27,28). The van der Waals surface area contributed by atoms with Crippen molar-refractivity contribution < 1.29 is 22.8 Å². The van der Waals surface area contributed by atoms with E-state index in [1.165, 1.54) is 4.90 Å². The lowest BCUT2D eigenvalue weighted by Gasteiger charge is -2.29. The van der Waals surface area contributed by atoms with Crippen LogP contribution in [0.3, 0.4) is 0 Å². The minimum Gasteiger partial charge on any atom is -0.322 e. The summed E-state index contributed by atoms with van der Waals surface area (Å²) in [4.78, 5) is 38.2. The van der Waals surface area contributed by atoms with Crippen molar-refractivity contribution in [1.82, 2.24) is 10.2 Å². The maximum absolute atomic E-state index is 13.0. The summed E-state index contributed by atoms with van der Waals surface area (Å²) < 4.78 is 25.9. The predicted octanol–water partition coefficient (Wildman–Crippen LogP) is 2.72. The van der Waals surface area contributed by atoms with E-state index in [0.29, 0.717) is 11.1 Å². The maximum atomic E-state index is 13.0. The predicted molar refractivity (Wildman–Crippen MR) is 119 cm³/mol. The number of carbonyl (C=O) groups excluding carboxylic acids is 3. The largest absolute Gasteiger partial charge is 0.322 e. The highest BCUT2D eigenvalue weighted by Gasteiger charge is 2.39. The third kappa shape index (κ3) is 4.19. The van der Waals surface area contributed by atoms with E-state index in [2.05, 4.69) is 26.1 Å². The van der Waals surface area contributed by atoms with E-state index < -0.39 is 21.8 Å². The highest BCUT2D eigenvalue weighted by atomic mass is 32.2. The third-order valence-electron chi connectivity index (χ3n) is 6.03. The maximum Gasteiger partial charge on any atom is 0.255 e. The Bertz CT molecular complexity index is 1210. The molecule has 1 unspecified atom stereocenters. The van der Waals surface area contributed by atoms with Crippen molar-refractivity contribution in [3.63, 3.8) is 0 Å². The van der Waals surface area contributed by atoms with Crippen molar-refractivity contribution in [1.29, 1.82) is 0 Å². The molecule has 0 radical (unpaired) electrons. The Morgan fingerprint density at radius 1 is 1.03 bits per heavy atom. The fourth-order valence-electron chi connectivity index (χ4n) is 4.16. The van der Waals surface area contributed by atoms with Crippen LogP contribution in [-0.2, 0) is 37.1 Å². The van der Waals surface area contributed by atoms with Gasteiger partial charge in [-0.1, -0.05) is 45.0 Å². The molecule has 0 saturated carbocycles. The monoisotopic (exact) mass is 454 g/mol. The van der Waals surface area contributed by atoms with Gasteiger partial charge in [-0.25, -0.2) is 8.42 Å². The summed E-state index contributed by atoms with van der Waals surface area (Å²) in [6.45, 7) is 6.46. The van der Waals surface area contributed by atoms with Crippen molar-refractivity contribution in [2.24, 2.45) is 0 Å². The molecule has 8 heteroatoms. The topological polar surface area (TPSA) is 101 Å². The Morgan fingerprint density at radius 2 is 1.72 bits per heavy atom. The summed E-state index contributed by atoms with van der Waals surface area (Å²) in [6, 6.07) is 11.3. The van der Waals surface area contributed by atoms with Crippen LogP contribution in [0.15, 0.2) is 47.4 Å². The molecule has 0 spiro atoms. The zero-order chi connectivity index (χ0) is 23.3. The molecular formula is C24H26N2O5S. The number of amides is 3. The summed E-state index contributed by atoms with van der Waals surface area (Å²) in [5.41, 5.74) is 2.65. The van der Waals surface area contributed by atoms with Gasteiger partial charge >= 0.3 is 0 Å². The second-order valence-electron chi connectivity index (χ2n) is 9.42. The molecule has 2 heterocycles. The molecule has 0 bridgehead atoms. The normalized spacial score (nSPS) is 19.2. The smallest absolute Gasteiger partial charge is 0.255 e. The number of sulfone groups is 1. The van der Waals surface area contributed by atoms with Gasteiger partial charge in [0.2, 0.25) is 11.8 Å². The van der Waals surface area contributed by atoms with Crippen LogP contribution in [0.4, 0.5) is 0 Å². The highest BCUT2D eigenvalue weighted by Crippen LogP contribution is 2.30. The van der Waals surface area contributed by atoms with Gasteiger partial charge in [-0.2, -0.15) is 0 Å². The van der Waals surface area contributed by atoms with Crippen molar-refractivity contribution in [3.05, 3.63) is 64.7 Å². The van der Waals surface area contributed by atoms with Gasteiger partial charge in [0.1, 0.15) is 6.04 Å². The highest BCUT2D eigenvalue weighted by molar-refractivity contribution is 7.90. The van der Waals surface area contributed by atoms with Crippen LogP contribution < -0.4 is 5.32 Å². The minimum atomic E-state index is -3.59. The second kappa shape index (κ2) is 7.85. The van der Waals surface area contributed by atoms with Gasteiger partial charge in [-0.3, -0.25) is 19.7 Å². The van der Waals surface area contributed by atoms with E-state index in [-0.39, 0.29) is 47.3 Å². The molecule has 0 aromatic heterocycles. The molecule has 3 amide bonds. The number of hydrogen-bond acceptors (Lipinski definition) is 5. The quantitative estimate of drug-likeness (QED) is 0.716. The lowest BCUT2D eigenvalue weighted by Crippen LogP contribution is -2.52. The third-order valence-corrected chi connectivity index (χ3v) is 7.73. The average Bonchev–Trinajstić information content (AvgIpc) is 3.03. The van der Waals surface area contributed by atoms with Gasteiger partial charge in [0.15, 0.2) is 9.84 Å². The Labute approximate surface area is 187 Å². The first kappa shape index (κ1) is 22.2. The molecule has 1 N–H and O–H groups in total. The van der Waals surface area contributed by atoms with E-state index in [0.717, 1.165) is 11.1 Å². The van der Waals surface area contributed by atoms with Crippen molar-refractivity contribution in [3.8, 4) is 0 Å². The summed E-state index contributed by atoms with van der Waals surface area (Å²) >= 11 is 0. The minimum absolute atomic E-state index is 0.0724. The first-order valence-electron chi connectivity index (χ1n) is 10.6. The van der Waals surface area contributed by atoms with Crippen LogP contribution in [-0.4, -0.2) is 37.1 Å². The first-order chi connectivity index (χ1) is 15.0. The van der Waals surface area contributed by atoms with Crippen LogP contribution in [0.2, 0.25) is 0 Å². The second-order valence-corrected chi connectivity index (χ2v) is 11.4. The van der Waals surface area contributed by atoms with Gasteiger partial charge in [0.05, 0.1) is 10.6 Å². The van der Waals surface area contributed by atoms with Crippen LogP contribution in [0.25, 0.3) is 0 Å². The molecule has 32 heavy (non-hydrogen) atoms. The van der Waals surface area contributed by atoms with Crippen LogP contribution in [0.1, 0.15) is 60.7 Å². The summed E-state index contributed by atoms with van der Waals surface area (Å²) in [5, 5.41) is 2.28. The summed E-state index contributed by atoms with van der Waals surface area (Å²) in [5.74, 6) is -1.34. The van der Waals surface area contributed by atoms with Gasteiger partial charge in [0, 0.05) is 18.5 Å². The van der Waals surface area contributed by atoms with E-state index in [9.17, 15) is 22.8 Å². The lowest BCUT2D eigenvalue weighted by atomic mass is 9.87. The zero-order valence-corrected chi connectivity index (χ0v) is 19.2. The lowest BCUT2D eigenvalue weighted by molar-refractivity contribution is -0.136. The summed E-state index contributed by atoms with van der Waals surface area (Å²) in [7, 11) is -3.59. The molecule has 2 aliphatic rings. The molecule has 4 rings (SSSR count). The molecule has 0 aliphatic carbocycles. The van der Waals surface area contributed by atoms with Crippen molar-refractivity contribution in [2.45, 2.75) is 62.3 Å². The van der Waals surface area contributed by atoms with E-state index in [1.807, 2.05) is 12.1 Å². The van der Waals surface area contributed by atoms with E-state index in [4.69, 9.17) is 0 Å². The number of rotatable bonds is 4. The molecule has 1 saturated heterocycles. The Hall–Kier alpha value is -3.00. The number of nitrogens with one attached hydrogen (secondary N) is 1. The van der Waals surface area contributed by atoms with E-state index in [1.54, 1.807) is 30.3 Å². The molecule has 168 valence electrons. The van der Waals surface area contributed by atoms with Crippen LogP contribution in [0.5, 0.6) is 0 Å². The Morgan fingerprint density at radius 3 is 2.34 bits per heavy atom.